The SMILES string of the molecule is Cl.NCC(CC(=O)O)c1ccc(Cl)cc1.O=C1CC[C@@]2(O)[C@H]3Cc4ccc(O)c5c4[C@@]2(CCN3CC2CC2)[C@H]1O5.OC[C@@H](O)[C@@H](O)[C@H](O)[C@@H](O)CO. The fourth-order valence-electron chi connectivity index (χ4n) is 8.22. The van der Waals surface area contributed by atoms with E-state index in [1.165, 1.54) is 12.8 Å². The Bertz CT molecular complexity index is 1530. The van der Waals surface area contributed by atoms with Crippen molar-refractivity contribution < 1.29 is 60.3 Å². The molecule has 52 heavy (non-hydrogen) atoms. The number of aliphatic hydroxyl groups excluding tert-OH is 6. The number of carbonyl (C=O) groups excluding carboxylic acids is 1. The zero-order valence-electron chi connectivity index (χ0n) is 28.6. The number of ketones is 1. The van der Waals surface area contributed by atoms with E-state index in [-0.39, 0.29) is 42.3 Å². The number of carboxylic acids is 1. The second-order valence-electron chi connectivity index (χ2n) is 14.3. The van der Waals surface area contributed by atoms with Crippen LogP contribution >= 0.6 is 24.0 Å². The van der Waals surface area contributed by atoms with Crippen molar-refractivity contribution in [3.63, 3.8) is 0 Å². The Balaban J connectivity index is 0.000000193. The van der Waals surface area contributed by atoms with Crippen LogP contribution in [0.5, 0.6) is 11.5 Å². The van der Waals surface area contributed by atoms with Gasteiger partial charge in [0.15, 0.2) is 23.4 Å². The number of carboxylic acid groups (broad SMARTS) is 1. The lowest BCUT2D eigenvalue weighted by atomic mass is 9.49. The molecule has 3 fully saturated rings. The van der Waals surface area contributed by atoms with E-state index in [0.717, 1.165) is 48.5 Å². The van der Waals surface area contributed by atoms with Crippen LogP contribution in [0.3, 0.4) is 0 Å². The number of Topliss-reactive ketones (excluding diaryl/α,β-unsaturated/α-hetero) is 1. The van der Waals surface area contributed by atoms with Crippen LogP contribution in [0.4, 0.5) is 0 Å². The number of benzene rings is 2. The van der Waals surface area contributed by atoms with Crippen LogP contribution in [0.25, 0.3) is 0 Å². The number of aliphatic hydroxyl groups is 7. The number of aromatic hydroxyl groups is 1. The minimum Gasteiger partial charge on any atom is -0.504 e. The van der Waals surface area contributed by atoms with Crippen molar-refractivity contribution in [1.82, 2.24) is 4.90 Å². The third-order valence-electron chi connectivity index (χ3n) is 11.1. The van der Waals surface area contributed by atoms with Gasteiger partial charge >= 0.3 is 5.97 Å². The lowest BCUT2D eigenvalue weighted by Crippen LogP contribution is -2.76. The minimum atomic E-state index is -1.67. The van der Waals surface area contributed by atoms with Crippen LogP contribution in [0, 0.1) is 5.92 Å². The van der Waals surface area contributed by atoms with E-state index < -0.39 is 60.7 Å². The molecule has 3 aliphatic carbocycles. The molecule has 5 aliphatic rings. The van der Waals surface area contributed by atoms with Crippen LogP contribution in [-0.4, -0.2) is 138 Å². The highest BCUT2D eigenvalue weighted by atomic mass is 35.5. The van der Waals surface area contributed by atoms with Crippen molar-refractivity contribution >= 4 is 35.8 Å². The summed E-state index contributed by atoms with van der Waals surface area (Å²) in [4.78, 5) is 25.7. The van der Waals surface area contributed by atoms with Crippen LogP contribution in [0.2, 0.25) is 5.02 Å². The molecule has 0 aromatic heterocycles. The van der Waals surface area contributed by atoms with Gasteiger partial charge < -0.3 is 56.4 Å². The van der Waals surface area contributed by atoms with E-state index in [9.17, 15) is 19.8 Å². The molecular weight excluding hydrogens is 723 g/mol. The van der Waals surface area contributed by atoms with Crippen molar-refractivity contribution in [3.8, 4) is 11.5 Å². The molecule has 11 N–H and O–H groups in total. The molecule has 2 heterocycles. The van der Waals surface area contributed by atoms with E-state index in [0.29, 0.717) is 30.2 Å². The molecular formula is C36H50Cl2N2O12. The summed E-state index contributed by atoms with van der Waals surface area (Å²) in [7, 11) is 0. The number of halogens is 2. The number of aliphatic carboxylic acids is 1. The molecule has 2 bridgehead atoms. The number of piperidine rings is 1. The van der Waals surface area contributed by atoms with Crippen molar-refractivity contribution in [1.29, 1.82) is 0 Å². The first-order chi connectivity index (χ1) is 24.2. The van der Waals surface area contributed by atoms with Crippen molar-refractivity contribution in [2.75, 3.05) is 32.8 Å². The summed E-state index contributed by atoms with van der Waals surface area (Å²) in [6.45, 7) is 0.828. The van der Waals surface area contributed by atoms with Crippen molar-refractivity contribution in [2.24, 2.45) is 11.7 Å². The molecule has 1 spiro atoms. The molecule has 7 rings (SSSR count). The lowest BCUT2D eigenvalue weighted by Gasteiger charge is -2.62. The van der Waals surface area contributed by atoms with Gasteiger partial charge in [-0.3, -0.25) is 14.5 Å². The Morgan fingerprint density at radius 2 is 1.62 bits per heavy atom. The Kier molecular flexibility index (Phi) is 14.0. The largest absolute Gasteiger partial charge is 0.504 e. The summed E-state index contributed by atoms with van der Waals surface area (Å²) < 4.78 is 6.04. The first-order valence-corrected chi connectivity index (χ1v) is 17.7. The monoisotopic (exact) mass is 772 g/mol. The van der Waals surface area contributed by atoms with E-state index >= 15 is 0 Å². The summed E-state index contributed by atoms with van der Waals surface area (Å²) in [6.07, 6.45) is -2.01. The van der Waals surface area contributed by atoms with Gasteiger partial charge in [0.1, 0.15) is 24.4 Å². The fourth-order valence-corrected chi connectivity index (χ4v) is 8.34. The lowest BCUT2D eigenvalue weighted by molar-refractivity contribution is -0.188. The molecule has 16 heteroatoms. The summed E-state index contributed by atoms with van der Waals surface area (Å²) in [5, 5.41) is 83.8. The van der Waals surface area contributed by atoms with Gasteiger partial charge in [0, 0.05) is 35.5 Å². The van der Waals surface area contributed by atoms with Gasteiger partial charge in [-0.2, -0.15) is 0 Å². The second-order valence-corrected chi connectivity index (χ2v) is 14.7. The van der Waals surface area contributed by atoms with Crippen LogP contribution in [0.15, 0.2) is 36.4 Å². The van der Waals surface area contributed by atoms with Gasteiger partial charge in [0.2, 0.25) is 0 Å². The normalized spacial score (nSPS) is 28.2. The van der Waals surface area contributed by atoms with E-state index in [1.54, 1.807) is 18.2 Å². The fraction of sp³-hybridized carbons (Fsp3) is 0.611. The third-order valence-corrected chi connectivity index (χ3v) is 11.4. The smallest absolute Gasteiger partial charge is 0.304 e. The van der Waals surface area contributed by atoms with E-state index in [2.05, 4.69) is 4.90 Å². The number of ether oxygens (including phenoxy) is 1. The summed E-state index contributed by atoms with van der Waals surface area (Å²) in [5.41, 5.74) is 6.86. The van der Waals surface area contributed by atoms with Gasteiger partial charge in [-0.15, -0.1) is 12.4 Å². The predicted molar refractivity (Wildman–Crippen MR) is 191 cm³/mol. The maximum Gasteiger partial charge on any atom is 0.304 e. The predicted octanol–water partition coefficient (Wildman–Crippen LogP) is 0.219. The molecule has 2 aliphatic heterocycles. The van der Waals surface area contributed by atoms with Crippen LogP contribution < -0.4 is 10.5 Å². The number of hydrogen-bond donors (Lipinski definition) is 10. The molecule has 1 unspecified atom stereocenters. The maximum absolute atomic E-state index is 12.7. The molecule has 2 aromatic rings. The first-order valence-electron chi connectivity index (χ1n) is 17.3. The average molecular weight is 774 g/mol. The molecule has 14 nitrogen and oxygen atoms in total. The van der Waals surface area contributed by atoms with E-state index in [4.69, 9.17) is 57.8 Å². The number of nitrogens with zero attached hydrogens (tertiary/aromatic N) is 1. The molecule has 9 atom stereocenters. The molecule has 0 amide bonds. The third kappa shape index (κ3) is 8.08. The number of phenolic OH excluding ortho intramolecular Hbond substituents is 1. The number of nitrogens with two attached hydrogens (primary N) is 1. The molecule has 290 valence electrons. The van der Waals surface area contributed by atoms with Crippen LogP contribution in [-0.2, 0) is 21.4 Å². The zero-order valence-corrected chi connectivity index (χ0v) is 30.2. The van der Waals surface area contributed by atoms with Crippen molar-refractivity contribution in [2.45, 2.75) is 98.4 Å². The average Bonchev–Trinajstić information content (AvgIpc) is 3.87. The van der Waals surface area contributed by atoms with E-state index in [1.807, 2.05) is 18.2 Å². The Morgan fingerprint density at radius 1 is 1.00 bits per heavy atom. The highest BCUT2D eigenvalue weighted by molar-refractivity contribution is 6.30. The standard InChI is InChI=1S/C20H23NO4.C10H12ClNO2.C6H14O6.ClH/c22-13-4-3-12-9-15-20(24)6-5-14(23)18-19(20,16(12)17(13)25-18)7-8-21(15)10-11-1-2-11;11-9-3-1-7(2-4-9)8(6-12)5-10(13)14;7-1-3(9)5(11)6(12)4(10)2-8;/h3-4,11,15,18,22,24H,1-2,5-10H2;1-4,8H,5-6,12H2,(H,13,14);3-12H,1-2H2;1H/t15-,18+,19+,20-;;3-,4+,5-,6-;/m1.1./s1. The van der Waals surface area contributed by atoms with Gasteiger partial charge in [-0.05, 0) is 80.4 Å². The summed E-state index contributed by atoms with van der Waals surface area (Å²) >= 11 is 5.72. The molecule has 2 saturated carbocycles. The summed E-state index contributed by atoms with van der Waals surface area (Å²) in [5.74, 6) is 0.416. The maximum atomic E-state index is 12.7. The summed E-state index contributed by atoms with van der Waals surface area (Å²) in [6, 6.07) is 10.8. The van der Waals surface area contributed by atoms with Gasteiger partial charge in [0.25, 0.3) is 0 Å². The Hall–Kier alpha value is -2.60. The zero-order chi connectivity index (χ0) is 37.2. The second kappa shape index (κ2) is 17.2. The first kappa shape index (κ1) is 42.1. The van der Waals surface area contributed by atoms with Crippen molar-refractivity contribution in [3.05, 3.63) is 58.1 Å². The Labute approximate surface area is 312 Å². The number of rotatable bonds is 11. The topological polar surface area (TPSA) is 255 Å². The molecule has 2 aromatic carbocycles. The molecule has 1 saturated heterocycles. The van der Waals surface area contributed by atoms with Crippen LogP contribution in [0.1, 0.15) is 61.1 Å². The quantitative estimate of drug-likeness (QED) is 0.147. The minimum absolute atomic E-state index is 0. The van der Waals surface area contributed by atoms with Gasteiger partial charge in [-0.25, -0.2) is 0 Å². The number of carbonyl (C=O) groups is 2. The van der Waals surface area contributed by atoms with Gasteiger partial charge in [-0.1, -0.05) is 29.8 Å². The highest BCUT2D eigenvalue weighted by Gasteiger charge is 2.73. The Morgan fingerprint density at radius 3 is 2.15 bits per heavy atom. The number of likely N-dealkylation sites (tertiary alicyclic amines) is 1. The van der Waals surface area contributed by atoms with Gasteiger partial charge in [0.05, 0.1) is 30.7 Å². The number of hydrogen-bond acceptors (Lipinski definition) is 13. The highest BCUT2D eigenvalue weighted by Crippen LogP contribution is 2.64. The molecule has 0 radical (unpaired) electrons. The number of phenols is 1.